The molecule has 7 heteroatoms. The fourth-order valence-corrected chi connectivity index (χ4v) is 3.05. The van der Waals surface area contributed by atoms with Gasteiger partial charge in [0, 0.05) is 18.8 Å². The number of rotatable bonds is 4. The Labute approximate surface area is 139 Å². The summed E-state index contributed by atoms with van der Waals surface area (Å²) in [5, 5.41) is 16.2. The monoisotopic (exact) mass is 324 g/mol. The van der Waals surface area contributed by atoms with E-state index in [1.807, 2.05) is 22.7 Å². The summed E-state index contributed by atoms with van der Waals surface area (Å²) in [6, 6.07) is 4.14. The molecule has 1 fully saturated rings. The molecule has 0 aromatic carbocycles. The largest absolute Gasteiger partial charge is 0.392 e. The smallest absolute Gasteiger partial charge is 0.145 e. The van der Waals surface area contributed by atoms with Crippen molar-refractivity contribution in [1.82, 2.24) is 24.7 Å². The zero-order chi connectivity index (χ0) is 16.4. The summed E-state index contributed by atoms with van der Waals surface area (Å²) in [4.78, 5) is 13.4. The highest BCUT2D eigenvalue weighted by molar-refractivity contribution is 5.61. The molecule has 3 aromatic heterocycles. The van der Waals surface area contributed by atoms with Crippen molar-refractivity contribution < 1.29 is 5.11 Å². The third-order valence-electron chi connectivity index (χ3n) is 4.30. The number of anilines is 1. The van der Waals surface area contributed by atoms with Crippen LogP contribution in [0.4, 0.5) is 5.82 Å². The van der Waals surface area contributed by atoms with Crippen molar-refractivity contribution >= 4 is 11.5 Å². The molecule has 0 bridgehead atoms. The predicted molar refractivity (Wildman–Crippen MR) is 91.7 cm³/mol. The van der Waals surface area contributed by atoms with Crippen molar-refractivity contribution in [3.63, 3.8) is 0 Å². The second-order valence-electron chi connectivity index (χ2n) is 6.04. The van der Waals surface area contributed by atoms with Gasteiger partial charge < -0.3 is 15.7 Å². The predicted octanol–water partition coefficient (Wildman–Crippen LogP) is 1.45. The lowest BCUT2D eigenvalue weighted by molar-refractivity contribution is 0.281. The summed E-state index contributed by atoms with van der Waals surface area (Å²) in [6.07, 6.45) is 9.45. The molecule has 1 aliphatic heterocycles. The number of aliphatic hydroxyl groups excluding tert-OH is 1. The van der Waals surface area contributed by atoms with Crippen molar-refractivity contribution in [3.8, 4) is 11.4 Å². The first-order valence-electron chi connectivity index (χ1n) is 8.20. The van der Waals surface area contributed by atoms with Gasteiger partial charge in [-0.2, -0.15) is 0 Å². The zero-order valence-electron chi connectivity index (χ0n) is 13.3. The Balaban J connectivity index is 1.65. The van der Waals surface area contributed by atoms with Crippen LogP contribution in [0.2, 0.25) is 0 Å². The number of fused-ring (bicyclic) bond motifs is 1. The number of aliphatic hydroxyl groups is 1. The molecular weight excluding hydrogens is 304 g/mol. The number of nitrogens with zero attached hydrogens (tertiary/aromatic N) is 4. The number of aromatic nitrogens is 4. The van der Waals surface area contributed by atoms with E-state index in [2.05, 4.69) is 20.6 Å². The van der Waals surface area contributed by atoms with Gasteiger partial charge in [0.15, 0.2) is 0 Å². The molecule has 0 spiro atoms. The van der Waals surface area contributed by atoms with E-state index in [0.29, 0.717) is 6.04 Å². The van der Waals surface area contributed by atoms with Crippen molar-refractivity contribution in [1.29, 1.82) is 0 Å². The minimum absolute atomic E-state index is 0.00445. The fraction of sp³-hybridized carbons (Fsp3) is 0.353. The van der Waals surface area contributed by atoms with Crippen molar-refractivity contribution in [2.45, 2.75) is 25.5 Å². The maximum atomic E-state index is 9.34. The zero-order valence-corrected chi connectivity index (χ0v) is 13.3. The third-order valence-corrected chi connectivity index (χ3v) is 4.30. The first kappa shape index (κ1) is 15.0. The number of nitrogens with one attached hydrogen (secondary N) is 2. The second kappa shape index (κ2) is 6.54. The molecule has 4 rings (SSSR count). The molecule has 1 aliphatic rings. The number of piperidine rings is 1. The molecule has 3 N–H and O–H groups in total. The summed E-state index contributed by atoms with van der Waals surface area (Å²) >= 11 is 0. The Kier molecular flexibility index (Phi) is 4.10. The second-order valence-corrected chi connectivity index (χ2v) is 6.04. The van der Waals surface area contributed by atoms with Gasteiger partial charge in [-0.05, 0) is 31.0 Å². The minimum Gasteiger partial charge on any atom is -0.392 e. The number of imidazole rings is 1. The SMILES string of the molecule is OCc1ccc2ncc(-c3cncc(N[C@@H]4CCCNC4)n3)n2c1. The highest BCUT2D eigenvalue weighted by atomic mass is 16.3. The van der Waals surface area contributed by atoms with Gasteiger partial charge >= 0.3 is 0 Å². The topological polar surface area (TPSA) is 87.4 Å². The van der Waals surface area contributed by atoms with Crippen LogP contribution in [0, 0.1) is 0 Å². The average Bonchev–Trinajstić information content (AvgIpc) is 3.06. The third kappa shape index (κ3) is 2.95. The van der Waals surface area contributed by atoms with Crippen LogP contribution in [0.25, 0.3) is 17.0 Å². The van der Waals surface area contributed by atoms with Crippen LogP contribution in [-0.4, -0.2) is 43.6 Å². The standard InChI is InChI=1S/C17H20N6O/c24-11-12-3-4-17-20-8-15(23(17)10-12)14-7-19-9-16(22-14)21-13-2-1-5-18-6-13/h3-4,7-10,13,18,24H,1-2,5-6,11H2,(H,21,22)/t13-/m1/s1. The minimum atomic E-state index is -0.00445. The Bertz CT molecular complexity index is 840. The van der Waals surface area contributed by atoms with Gasteiger partial charge in [-0.1, -0.05) is 6.07 Å². The van der Waals surface area contributed by atoms with Crippen molar-refractivity contribution in [2.24, 2.45) is 0 Å². The summed E-state index contributed by atoms with van der Waals surface area (Å²) in [7, 11) is 0. The molecule has 24 heavy (non-hydrogen) atoms. The highest BCUT2D eigenvalue weighted by Gasteiger charge is 2.14. The van der Waals surface area contributed by atoms with E-state index in [1.54, 1.807) is 18.6 Å². The van der Waals surface area contributed by atoms with Gasteiger partial charge in [0.05, 0.1) is 30.9 Å². The molecule has 3 aromatic rings. The van der Waals surface area contributed by atoms with Crippen LogP contribution in [-0.2, 0) is 6.61 Å². The molecule has 0 amide bonds. The first-order chi connectivity index (χ1) is 11.8. The van der Waals surface area contributed by atoms with Gasteiger partial charge in [-0.25, -0.2) is 9.97 Å². The Morgan fingerprint density at radius 3 is 3.08 bits per heavy atom. The van der Waals surface area contributed by atoms with Crippen LogP contribution in [0.5, 0.6) is 0 Å². The van der Waals surface area contributed by atoms with Crippen LogP contribution in [0.3, 0.4) is 0 Å². The normalized spacial score (nSPS) is 18.0. The molecule has 0 radical (unpaired) electrons. The van der Waals surface area contributed by atoms with E-state index < -0.39 is 0 Å². The number of hydrogen-bond acceptors (Lipinski definition) is 6. The Hall–Kier alpha value is -2.51. The maximum absolute atomic E-state index is 9.34. The van der Waals surface area contributed by atoms with E-state index in [-0.39, 0.29) is 6.61 Å². The van der Waals surface area contributed by atoms with E-state index in [0.717, 1.165) is 47.9 Å². The fourth-order valence-electron chi connectivity index (χ4n) is 3.05. The number of pyridine rings is 1. The van der Waals surface area contributed by atoms with Crippen LogP contribution in [0.1, 0.15) is 18.4 Å². The summed E-state index contributed by atoms with van der Waals surface area (Å²) in [5.74, 6) is 0.773. The average molecular weight is 324 g/mol. The van der Waals surface area contributed by atoms with Crippen LogP contribution >= 0.6 is 0 Å². The van der Waals surface area contributed by atoms with Gasteiger partial charge in [0.25, 0.3) is 0 Å². The summed E-state index contributed by atoms with van der Waals surface area (Å²) in [5.41, 5.74) is 3.26. The molecule has 124 valence electrons. The van der Waals surface area contributed by atoms with Crippen molar-refractivity contribution in [3.05, 3.63) is 42.5 Å². The van der Waals surface area contributed by atoms with Gasteiger partial charge in [-0.15, -0.1) is 0 Å². The summed E-state index contributed by atoms with van der Waals surface area (Å²) in [6.45, 7) is 2.02. The molecular formula is C17H20N6O. The lowest BCUT2D eigenvalue weighted by Crippen LogP contribution is -2.38. The molecule has 0 saturated carbocycles. The summed E-state index contributed by atoms with van der Waals surface area (Å²) < 4.78 is 1.93. The van der Waals surface area contributed by atoms with Gasteiger partial charge in [0.2, 0.25) is 0 Å². The maximum Gasteiger partial charge on any atom is 0.145 e. The molecule has 0 unspecified atom stereocenters. The lowest BCUT2D eigenvalue weighted by atomic mass is 10.1. The first-order valence-corrected chi connectivity index (χ1v) is 8.20. The molecule has 4 heterocycles. The quantitative estimate of drug-likeness (QED) is 0.673. The van der Waals surface area contributed by atoms with Crippen molar-refractivity contribution in [2.75, 3.05) is 18.4 Å². The van der Waals surface area contributed by atoms with E-state index in [4.69, 9.17) is 4.98 Å². The molecule has 7 nitrogen and oxygen atoms in total. The van der Waals surface area contributed by atoms with Crippen LogP contribution in [0.15, 0.2) is 36.9 Å². The molecule has 1 saturated heterocycles. The molecule has 1 atom stereocenters. The van der Waals surface area contributed by atoms with Gasteiger partial charge in [0.1, 0.15) is 17.2 Å². The lowest BCUT2D eigenvalue weighted by Gasteiger charge is -2.24. The Morgan fingerprint density at radius 1 is 1.29 bits per heavy atom. The van der Waals surface area contributed by atoms with Crippen LogP contribution < -0.4 is 10.6 Å². The molecule has 0 aliphatic carbocycles. The van der Waals surface area contributed by atoms with E-state index in [1.165, 1.54) is 6.42 Å². The van der Waals surface area contributed by atoms with E-state index >= 15 is 0 Å². The highest BCUT2D eigenvalue weighted by Crippen LogP contribution is 2.21. The van der Waals surface area contributed by atoms with Gasteiger partial charge in [-0.3, -0.25) is 9.38 Å². The van der Waals surface area contributed by atoms with E-state index in [9.17, 15) is 5.11 Å². The number of hydrogen-bond donors (Lipinski definition) is 3. The Morgan fingerprint density at radius 2 is 2.25 bits per heavy atom.